The van der Waals surface area contributed by atoms with E-state index in [1.165, 1.54) is 31.2 Å². The van der Waals surface area contributed by atoms with Gasteiger partial charge in [0.2, 0.25) is 0 Å². The predicted octanol–water partition coefficient (Wildman–Crippen LogP) is 5.18. The van der Waals surface area contributed by atoms with Crippen LogP contribution >= 0.6 is 12.2 Å². The molecule has 1 aromatic carbocycles. The summed E-state index contributed by atoms with van der Waals surface area (Å²) in [5.41, 5.74) is 3.40. The molecule has 2 fully saturated rings. The molecule has 28 heavy (non-hydrogen) atoms. The zero-order chi connectivity index (χ0) is 18.9. The average molecular weight is 389 g/mol. The van der Waals surface area contributed by atoms with Crippen LogP contribution in [0.1, 0.15) is 55.1 Å². The van der Waals surface area contributed by atoms with Gasteiger partial charge in [-0.2, -0.15) is 0 Å². The highest BCUT2D eigenvalue weighted by atomic mass is 32.1. The molecule has 0 bridgehead atoms. The first-order chi connectivity index (χ1) is 13.8. The summed E-state index contributed by atoms with van der Waals surface area (Å²) in [6, 6.07) is 19.5. The van der Waals surface area contributed by atoms with Gasteiger partial charge in [-0.3, -0.25) is 4.98 Å². The smallest absolute Gasteiger partial charge is 0.174 e. The van der Waals surface area contributed by atoms with E-state index in [0.717, 1.165) is 16.5 Å². The molecule has 0 amide bonds. The Kier molecular flexibility index (Phi) is 4.61. The van der Waals surface area contributed by atoms with Gasteiger partial charge in [-0.05, 0) is 61.0 Å². The first-order valence-electron chi connectivity index (χ1n) is 10.0. The topological polar surface area (TPSA) is 33.1 Å². The molecular formula is C23H24N4S. The molecule has 1 aliphatic heterocycles. The minimum absolute atomic E-state index is 0.0216. The summed E-state index contributed by atoms with van der Waals surface area (Å²) >= 11 is 5.77. The summed E-state index contributed by atoms with van der Waals surface area (Å²) in [6.07, 6.45) is 11.6. The Morgan fingerprint density at radius 3 is 2.50 bits per heavy atom. The lowest BCUT2D eigenvalue weighted by atomic mass is 9.98. The monoisotopic (exact) mass is 388 g/mol. The third-order valence-electron chi connectivity index (χ3n) is 5.96. The van der Waals surface area contributed by atoms with Crippen molar-refractivity contribution in [2.24, 2.45) is 0 Å². The minimum atomic E-state index is 0.0216. The predicted molar refractivity (Wildman–Crippen MR) is 116 cm³/mol. The molecule has 5 rings (SSSR count). The Hall–Kier alpha value is -2.66. The number of nitrogens with zero attached hydrogens (tertiary/aromatic N) is 3. The van der Waals surface area contributed by atoms with Gasteiger partial charge in [-0.15, -0.1) is 0 Å². The number of hydrogen-bond donors (Lipinski definition) is 1. The normalized spacial score (nSPS) is 22.6. The molecule has 1 saturated heterocycles. The summed E-state index contributed by atoms with van der Waals surface area (Å²) in [6.45, 7) is 0. The second-order valence-corrected chi connectivity index (χ2v) is 8.05. The highest BCUT2D eigenvalue weighted by Gasteiger charge is 2.41. The molecule has 1 saturated carbocycles. The number of rotatable bonds is 4. The van der Waals surface area contributed by atoms with Gasteiger partial charge in [0, 0.05) is 30.3 Å². The van der Waals surface area contributed by atoms with E-state index in [2.05, 4.69) is 68.6 Å². The lowest BCUT2D eigenvalue weighted by molar-refractivity contribution is 0.515. The number of benzene rings is 1. The van der Waals surface area contributed by atoms with Gasteiger partial charge in [-0.1, -0.05) is 37.1 Å². The van der Waals surface area contributed by atoms with Gasteiger partial charge in [0.25, 0.3) is 0 Å². The summed E-state index contributed by atoms with van der Waals surface area (Å²) in [5, 5.41) is 4.28. The Balaban J connectivity index is 1.57. The fraction of sp³-hybridized carbons (Fsp3) is 0.304. The van der Waals surface area contributed by atoms with Crippen molar-refractivity contribution >= 4 is 23.0 Å². The number of pyridine rings is 1. The highest BCUT2D eigenvalue weighted by Crippen LogP contribution is 2.42. The van der Waals surface area contributed by atoms with Gasteiger partial charge in [0.05, 0.1) is 17.8 Å². The first-order valence-corrected chi connectivity index (χ1v) is 10.5. The maximum absolute atomic E-state index is 5.77. The third-order valence-corrected chi connectivity index (χ3v) is 6.27. The van der Waals surface area contributed by atoms with E-state index in [0.29, 0.717) is 6.04 Å². The summed E-state index contributed by atoms with van der Waals surface area (Å²) in [7, 11) is 0. The molecule has 1 aliphatic carbocycles. The molecule has 3 heterocycles. The van der Waals surface area contributed by atoms with Crippen LogP contribution in [0.4, 0.5) is 5.69 Å². The van der Waals surface area contributed by atoms with E-state index in [9.17, 15) is 0 Å². The molecule has 5 heteroatoms. The van der Waals surface area contributed by atoms with E-state index in [-0.39, 0.29) is 12.1 Å². The molecule has 2 aliphatic rings. The third kappa shape index (κ3) is 3.10. The van der Waals surface area contributed by atoms with E-state index in [1.807, 2.05) is 24.4 Å². The summed E-state index contributed by atoms with van der Waals surface area (Å²) < 4.78 is 2.41. The lowest BCUT2D eigenvalue weighted by Gasteiger charge is -2.27. The number of para-hydroxylation sites is 1. The number of nitrogens with one attached hydrogen (secondary N) is 1. The van der Waals surface area contributed by atoms with Crippen molar-refractivity contribution in [3.8, 4) is 0 Å². The van der Waals surface area contributed by atoms with E-state index >= 15 is 0 Å². The van der Waals surface area contributed by atoms with Crippen molar-refractivity contribution in [1.29, 1.82) is 0 Å². The molecule has 0 unspecified atom stereocenters. The lowest BCUT2D eigenvalue weighted by Crippen LogP contribution is -2.29. The van der Waals surface area contributed by atoms with Crippen LogP contribution in [0, 0.1) is 0 Å². The van der Waals surface area contributed by atoms with Crippen molar-refractivity contribution in [2.75, 3.05) is 4.90 Å². The van der Waals surface area contributed by atoms with Gasteiger partial charge >= 0.3 is 0 Å². The Morgan fingerprint density at radius 2 is 1.75 bits per heavy atom. The fourth-order valence-electron chi connectivity index (χ4n) is 4.60. The molecule has 0 spiro atoms. The molecule has 4 nitrogen and oxygen atoms in total. The van der Waals surface area contributed by atoms with Crippen LogP contribution in [0.5, 0.6) is 0 Å². The summed E-state index contributed by atoms with van der Waals surface area (Å²) in [5.74, 6) is 0. The molecule has 3 aromatic rings. The zero-order valence-corrected chi connectivity index (χ0v) is 16.6. The van der Waals surface area contributed by atoms with Crippen molar-refractivity contribution in [1.82, 2.24) is 14.9 Å². The highest BCUT2D eigenvalue weighted by molar-refractivity contribution is 7.80. The molecule has 2 atom stereocenters. The second-order valence-electron chi connectivity index (χ2n) is 7.66. The number of aromatic nitrogens is 2. The van der Waals surface area contributed by atoms with Crippen LogP contribution < -0.4 is 10.2 Å². The fourth-order valence-corrected chi connectivity index (χ4v) is 4.94. The summed E-state index contributed by atoms with van der Waals surface area (Å²) in [4.78, 5) is 6.87. The zero-order valence-electron chi connectivity index (χ0n) is 15.7. The van der Waals surface area contributed by atoms with Gasteiger partial charge in [-0.25, -0.2) is 0 Å². The largest absolute Gasteiger partial charge is 0.351 e. The van der Waals surface area contributed by atoms with Crippen molar-refractivity contribution < 1.29 is 0 Å². The Morgan fingerprint density at radius 1 is 0.964 bits per heavy atom. The van der Waals surface area contributed by atoms with Gasteiger partial charge in [0.1, 0.15) is 0 Å². The van der Waals surface area contributed by atoms with Crippen LogP contribution in [0.25, 0.3) is 0 Å². The van der Waals surface area contributed by atoms with Crippen LogP contribution in [0.2, 0.25) is 0 Å². The van der Waals surface area contributed by atoms with Crippen molar-refractivity contribution in [3.05, 3.63) is 84.4 Å². The first kappa shape index (κ1) is 17.4. The number of thiocarbonyl (C=S) groups is 1. The molecule has 2 aromatic heterocycles. The number of hydrogen-bond acceptors (Lipinski definition) is 2. The quantitative estimate of drug-likeness (QED) is 0.625. The minimum Gasteiger partial charge on any atom is -0.351 e. The van der Waals surface area contributed by atoms with Crippen molar-refractivity contribution in [2.45, 2.75) is 43.8 Å². The van der Waals surface area contributed by atoms with Crippen LogP contribution in [0.15, 0.2) is 73.2 Å². The maximum Gasteiger partial charge on any atom is 0.174 e. The average Bonchev–Trinajstić information content (AvgIpc) is 3.48. The Labute approximate surface area is 171 Å². The molecule has 142 valence electrons. The molecule has 1 N–H and O–H groups in total. The standard InChI is InChI=1S/C23H24N4S/c28-23-25-21(20-12-6-7-14-24-20)22(27(23)19-10-2-1-3-11-19)17-13-15-26(16-17)18-8-4-5-9-18/h1-3,6-7,10-16,18,21-22H,4-5,8-9H2,(H,25,28)/t21-,22-/m0/s1. The van der Waals surface area contributed by atoms with Crippen LogP contribution in [-0.2, 0) is 0 Å². The second kappa shape index (κ2) is 7.40. The van der Waals surface area contributed by atoms with Gasteiger partial charge < -0.3 is 14.8 Å². The SMILES string of the molecule is S=C1N[C@@H](c2ccccn2)[C@H](c2ccn(C3CCCC3)c2)N1c1ccccc1. The number of anilines is 1. The van der Waals surface area contributed by atoms with Crippen molar-refractivity contribution in [3.63, 3.8) is 0 Å². The van der Waals surface area contributed by atoms with E-state index in [4.69, 9.17) is 12.2 Å². The van der Waals surface area contributed by atoms with Gasteiger partial charge in [0.15, 0.2) is 5.11 Å². The molecule has 0 radical (unpaired) electrons. The maximum atomic E-state index is 5.77. The van der Waals surface area contributed by atoms with E-state index < -0.39 is 0 Å². The van der Waals surface area contributed by atoms with Crippen LogP contribution in [-0.4, -0.2) is 14.7 Å². The van der Waals surface area contributed by atoms with Crippen LogP contribution in [0.3, 0.4) is 0 Å². The Bertz CT molecular complexity index is 947. The van der Waals surface area contributed by atoms with E-state index in [1.54, 1.807) is 0 Å². The molecular weight excluding hydrogens is 364 g/mol.